The van der Waals surface area contributed by atoms with Crippen molar-refractivity contribution in [3.8, 4) is 6.07 Å². The second-order valence-corrected chi connectivity index (χ2v) is 5.47. The molecule has 0 atom stereocenters. The Hall–Kier alpha value is -2.88. The van der Waals surface area contributed by atoms with E-state index >= 15 is 0 Å². The number of rotatable bonds is 5. The van der Waals surface area contributed by atoms with Gasteiger partial charge in [0.15, 0.2) is 5.96 Å². The lowest BCUT2D eigenvalue weighted by Gasteiger charge is -2.21. The summed E-state index contributed by atoms with van der Waals surface area (Å²) in [5.74, 6) is 0.312. The van der Waals surface area contributed by atoms with Crippen molar-refractivity contribution in [3.63, 3.8) is 0 Å². The van der Waals surface area contributed by atoms with Crippen LogP contribution in [0.2, 0.25) is 0 Å². The zero-order valence-electron chi connectivity index (χ0n) is 14.1. The molecule has 2 aromatic rings. The minimum Gasteiger partial charge on any atom is -0.357 e. The molecule has 0 aliphatic rings. The van der Waals surface area contributed by atoms with Gasteiger partial charge in [-0.3, -0.25) is 4.68 Å². The van der Waals surface area contributed by atoms with Crippen LogP contribution in [0.15, 0.2) is 35.6 Å². The molecule has 126 valence electrons. The highest BCUT2D eigenvalue weighted by Crippen LogP contribution is 2.12. The molecule has 0 bridgehead atoms. The molecule has 1 N–H and O–H groups in total. The molecule has 0 radical (unpaired) electrons. The van der Waals surface area contributed by atoms with Gasteiger partial charge in [-0.15, -0.1) is 0 Å². The van der Waals surface area contributed by atoms with Crippen LogP contribution in [-0.2, 0) is 20.1 Å². The van der Waals surface area contributed by atoms with Crippen LogP contribution in [0.25, 0.3) is 0 Å². The van der Waals surface area contributed by atoms with Gasteiger partial charge in [0.25, 0.3) is 0 Å². The van der Waals surface area contributed by atoms with Crippen molar-refractivity contribution in [1.29, 1.82) is 5.26 Å². The molecule has 1 aromatic heterocycles. The van der Waals surface area contributed by atoms with Gasteiger partial charge in [-0.1, -0.05) is 0 Å². The topological polar surface area (TPSA) is 69.2 Å². The zero-order chi connectivity index (χ0) is 17.5. The van der Waals surface area contributed by atoms with Crippen LogP contribution in [0.4, 0.5) is 4.39 Å². The van der Waals surface area contributed by atoms with E-state index in [2.05, 4.69) is 15.4 Å². The zero-order valence-corrected chi connectivity index (χ0v) is 14.1. The van der Waals surface area contributed by atoms with Gasteiger partial charge >= 0.3 is 0 Å². The number of aliphatic imine (C=N–C) groups is 1. The second-order valence-electron chi connectivity index (χ2n) is 5.47. The normalized spacial score (nSPS) is 11.2. The first-order valence-electron chi connectivity index (χ1n) is 7.69. The Morgan fingerprint density at radius 2 is 2.29 bits per heavy atom. The number of aryl methyl sites for hydroxylation is 1. The first-order valence-corrected chi connectivity index (χ1v) is 7.69. The average molecular weight is 328 g/mol. The molecule has 1 heterocycles. The van der Waals surface area contributed by atoms with Gasteiger partial charge in [-0.05, 0) is 25.1 Å². The van der Waals surface area contributed by atoms with Crippen LogP contribution >= 0.6 is 0 Å². The standard InChI is InChI=1S/C17H21FN6/c1-4-20-17(23(2)11-14-9-22-24(3)12-14)21-10-15-7-13(8-19)5-6-16(15)18/h5-7,9,12H,4,10-11H2,1-3H3,(H,20,21). The Balaban J connectivity index is 2.14. The first-order chi connectivity index (χ1) is 11.5. The maximum atomic E-state index is 13.9. The number of nitrogens with zero attached hydrogens (tertiary/aromatic N) is 5. The predicted molar refractivity (Wildman–Crippen MR) is 90.6 cm³/mol. The summed E-state index contributed by atoms with van der Waals surface area (Å²) in [5.41, 5.74) is 1.89. The Kier molecular flexibility index (Phi) is 5.90. The predicted octanol–water partition coefficient (Wildman–Crippen LogP) is 2.03. The summed E-state index contributed by atoms with van der Waals surface area (Å²) in [5, 5.41) is 16.3. The summed E-state index contributed by atoms with van der Waals surface area (Å²) in [6, 6.07) is 6.31. The highest BCUT2D eigenvalue weighted by molar-refractivity contribution is 5.79. The summed E-state index contributed by atoms with van der Waals surface area (Å²) in [7, 11) is 3.78. The number of nitriles is 1. The highest BCUT2D eigenvalue weighted by Gasteiger charge is 2.09. The Morgan fingerprint density at radius 1 is 1.50 bits per heavy atom. The quantitative estimate of drug-likeness (QED) is 0.673. The molecule has 7 heteroatoms. The van der Waals surface area contributed by atoms with Crippen LogP contribution in [-0.4, -0.2) is 34.2 Å². The van der Waals surface area contributed by atoms with Gasteiger partial charge in [0, 0.05) is 44.5 Å². The number of benzene rings is 1. The number of nitrogens with one attached hydrogen (secondary N) is 1. The third-order valence-electron chi connectivity index (χ3n) is 3.45. The molecule has 1 aromatic carbocycles. The van der Waals surface area contributed by atoms with Crippen molar-refractivity contribution in [2.75, 3.05) is 13.6 Å². The molecule has 0 saturated carbocycles. The third kappa shape index (κ3) is 4.56. The lowest BCUT2D eigenvalue weighted by molar-refractivity contribution is 0.476. The van der Waals surface area contributed by atoms with Crippen molar-refractivity contribution < 1.29 is 4.39 Å². The van der Waals surface area contributed by atoms with Crippen LogP contribution in [0.5, 0.6) is 0 Å². The van der Waals surface area contributed by atoms with Crippen LogP contribution in [0.3, 0.4) is 0 Å². The number of aromatic nitrogens is 2. The molecular formula is C17H21FN6. The van der Waals surface area contributed by atoms with Crippen molar-refractivity contribution in [2.24, 2.45) is 12.0 Å². The van der Waals surface area contributed by atoms with Crippen LogP contribution < -0.4 is 5.32 Å². The Bertz CT molecular complexity index is 759. The fourth-order valence-electron chi connectivity index (χ4n) is 2.30. The number of hydrogen-bond acceptors (Lipinski definition) is 3. The minimum atomic E-state index is -0.358. The first kappa shape index (κ1) is 17.5. The molecule has 0 spiro atoms. The van der Waals surface area contributed by atoms with E-state index < -0.39 is 0 Å². The molecular weight excluding hydrogens is 307 g/mol. The van der Waals surface area contributed by atoms with Gasteiger partial charge < -0.3 is 10.2 Å². The Labute approximate surface area is 141 Å². The van der Waals surface area contributed by atoms with E-state index in [0.717, 1.165) is 5.56 Å². The molecule has 6 nitrogen and oxygen atoms in total. The van der Waals surface area contributed by atoms with Gasteiger partial charge in [0.05, 0.1) is 24.4 Å². The minimum absolute atomic E-state index is 0.168. The van der Waals surface area contributed by atoms with Gasteiger partial charge in [0.1, 0.15) is 5.82 Å². The van der Waals surface area contributed by atoms with Crippen molar-refractivity contribution in [1.82, 2.24) is 20.0 Å². The summed E-state index contributed by atoms with van der Waals surface area (Å²) in [4.78, 5) is 6.43. The van der Waals surface area contributed by atoms with E-state index in [-0.39, 0.29) is 12.4 Å². The summed E-state index contributed by atoms with van der Waals surface area (Å²) in [6.45, 7) is 3.49. The van der Waals surface area contributed by atoms with Gasteiger partial charge in [-0.2, -0.15) is 10.4 Å². The van der Waals surface area contributed by atoms with Crippen molar-refractivity contribution in [2.45, 2.75) is 20.0 Å². The summed E-state index contributed by atoms with van der Waals surface area (Å²) in [6.07, 6.45) is 3.74. The maximum Gasteiger partial charge on any atom is 0.194 e. The molecule has 0 amide bonds. The molecule has 0 aliphatic heterocycles. The molecule has 0 unspecified atom stereocenters. The van der Waals surface area contributed by atoms with Crippen LogP contribution in [0, 0.1) is 17.1 Å². The fraction of sp³-hybridized carbons (Fsp3) is 0.353. The smallest absolute Gasteiger partial charge is 0.194 e. The molecule has 0 aliphatic carbocycles. The molecule has 24 heavy (non-hydrogen) atoms. The highest BCUT2D eigenvalue weighted by atomic mass is 19.1. The van der Waals surface area contributed by atoms with E-state index in [1.165, 1.54) is 18.2 Å². The number of halogens is 1. The molecule has 0 fully saturated rings. The largest absolute Gasteiger partial charge is 0.357 e. The Morgan fingerprint density at radius 3 is 2.92 bits per heavy atom. The monoisotopic (exact) mass is 328 g/mol. The number of guanidine groups is 1. The molecule has 0 saturated heterocycles. The van der Waals surface area contributed by atoms with Crippen LogP contribution in [0.1, 0.15) is 23.6 Å². The second kappa shape index (κ2) is 8.11. The third-order valence-corrected chi connectivity index (χ3v) is 3.45. The number of hydrogen-bond donors (Lipinski definition) is 1. The van der Waals surface area contributed by atoms with Gasteiger partial charge in [-0.25, -0.2) is 9.38 Å². The molecule has 2 rings (SSSR count). The lowest BCUT2D eigenvalue weighted by atomic mass is 10.1. The van der Waals surface area contributed by atoms with E-state index in [1.807, 2.05) is 38.2 Å². The van der Waals surface area contributed by atoms with Gasteiger partial charge in [0.2, 0.25) is 0 Å². The van der Waals surface area contributed by atoms with Crippen molar-refractivity contribution >= 4 is 5.96 Å². The average Bonchev–Trinajstić information content (AvgIpc) is 2.97. The fourth-order valence-corrected chi connectivity index (χ4v) is 2.30. The van der Waals surface area contributed by atoms with E-state index in [4.69, 9.17) is 5.26 Å². The summed E-state index contributed by atoms with van der Waals surface area (Å²) >= 11 is 0. The SMILES string of the molecule is CCNC(=NCc1cc(C#N)ccc1F)N(C)Cc1cnn(C)c1. The van der Waals surface area contributed by atoms with E-state index in [0.29, 0.717) is 30.2 Å². The van der Waals surface area contributed by atoms with E-state index in [1.54, 1.807) is 10.9 Å². The van der Waals surface area contributed by atoms with Crippen molar-refractivity contribution in [3.05, 3.63) is 53.1 Å². The van der Waals surface area contributed by atoms with E-state index in [9.17, 15) is 4.39 Å². The summed E-state index contributed by atoms with van der Waals surface area (Å²) < 4.78 is 15.6. The lowest BCUT2D eigenvalue weighted by Crippen LogP contribution is -2.38. The maximum absolute atomic E-state index is 13.9.